The maximum Gasteiger partial charge on any atom is 0.235 e. The number of rotatable bonds is 8. The topological polar surface area (TPSA) is 60.2 Å². The fourth-order valence-corrected chi connectivity index (χ4v) is 4.73. The summed E-state index contributed by atoms with van der Waals surface area (Å²) in [4.78, 5) is 14.9. The van der Waals surface area contributed by atoms with Gasteiger partial charge in [-0.1, -0.05) is 37.1 Å². The second-order valence-corrected chi connectivity index (χ2v) is 8.74. The molecule has 156 valence electrons. The molecule has 1 amide bonds. The zero-order valence-electron chi connectivity index (χ0n) is 17.5. The minimum Gasteiger partial charge on any atom is -0.497 e. The number of ether oxygens (including phenoxy) is 1. The second-order valence-electron chi connectivity index (χ2n) is 7.44. The molecule has 6 nitrogen and oxygen atoms in total. The van der Waals surface area contributed by atoms with E-state index in [1.807, 2.05) is 53.8 Å². The van der Waals surface area contributed by atoms with Gasteiger partial charge < -0.3 is 9.64 Å². The predicted molar refractivity (Wildman–Crippen MR) is 117 cm³/mol. The molecule has 0 aliphatic heterocycles. The summed E-state index contributed by atoms with van der Waals surface area (Å²) in [7, 11) is 3.58. The Morgan fingerprint density at radius 1 is 1.31 bits per heavy atom. The van der Waals surface area contributed by atoms with Crippen LogP contribution in [0.15, 0.2) is 42.1 Å². The fourth-order valence-electron chi connectivity index (χ4n) is 3.77. The lowest BCUT2D eigenvalue weighted by Crippen LogP contribution is -2.42. The number of carbonyl (C=O) groups excluding carboxylic acids is 1. The lowest BCUT2D eigenvalue weighted by Gasteiger charge is -2.32. The lowest BCUT2D eigenvalue weighted by molar-refractivity contribution is -0.131. The van der Waals surface area contributed by atoms with Crippen LogP contribution in [0.3, 0.4) is 0 Å². The number of carbonyl (C=O) groups is 1. The number of nitrogens with zero attached hydrogens (tertiary/aromatic N) is 4. The maximum atomic E-state index is 13.0. The number of amides is 1. The first kappa shape index (κ1) is 21.4. The summed E-state index contributed by atoms with van der Waals surface area (Å²) in [6.07, 6.45) is 7.73. The number of thioether (sulfide) groups is 1. The van der Waals surface area contributed by atoms with Gasteiger partial charge >= 0.3 is 0 Å². The molecule has 1 heterocycles. The zero-order chi connectivity index (χ0) is 20.8. The number of methoxy groups -OCH3 is 1. The maximum absolute atomic E-state index is 13.0. The van der Waals surface area contributed by atoms with E-state index in [-0.39, 0.29) is 11.2 Å². The largest absolute Gasteiger partial charge is 0.497 e. The van der Waals surface area contributed by atoms with Crippen molar-refractivity contribution in [1.82, 2.24) is 19.7 Å². The molecule has 1 saturated carbocycles. The molecule has 3 rings (SSSR count). The van der Waals surface area contributed by atoms with Gasteiger partial charge in [-0.3, -0.25) is 9.36 Å². The number of aromatic nitrogens is 3. The molecule has 1 unspecified atom stereocenters. The van der Waals surface area contributed by atoms with Crippen LogP contribution >= 0.6 is 11.8 Å². The molecule has 0 radical (unpaired) electrons. The van der Waals surface area contributed by atoms with Gasteiger partial charge in [0.1, 0.15) is 5.75 Å². The van der Waals surface area contributed by atoms with E-state index in [4.69, 9.17) is 4.74 Å². The van der Waals surface area contributed by atoms with Crippen LogP contribution in [0.1, 0.15) is 39.0 Å². The predicted octanol–water partition coefficient (Wildman–Crippen LogP) is 4.41. The van der Waals surface area contributed by atoms with Crippen molar-refractivity contribution >= 4 is 17.7 Å². The molecule has 0 spiro atoms. The Morgan fingerprint density at radius 3 is 2.62 bits per heavy atom. The monoisotopic (exact) mass is 414 g/mol. The third-order valence-corrected chi connectivity index (χ3v) is 6.54. The summed E-state index contributed by atoms with van der Waals surface area (Å²) in [5.41, 5.74) is 0.949. The standard InChI is InChI=1S/C22H30N4O2S/c1-5-15-26-20(17-11-13-19(28-4)14-12-17)23-24-22(26)29-16(2)21(27)25(3)18-9-7-6-8-10-18/h5,11-14,16,18H,1,6-10,15H2,2-4H3. The van der Waals surface area contributed by atoms with E-state index >= 15 is 0 Å². The molecule has 1 atom stereocenters. The van der Waals surface area contributed by atoms with Crippen molar-refractivity contribution in [3.05, 3.63) is 36.9 Å². The minimum absolute atomic E-state index is 0.154. The third-order valence-electron chi connectivity index (χ3n) is 5.48. The third kappa shape index (κ3) is 5.01. The van der Waals surface area contributed by atoms with Crippen molar-refractivity contribution < 1.29 is 9.53 Å². The van der Waals surface area contributed by atoms with Crippen LogP contribution in [0.5, 0.6) is 5.75 Å². The summed E-state index contributed by atoms with van der Waals surface area (Å²) in [6.45, 7) is 6.39. The van der Waals surface area contributed by atoms with E-state index in [1.165, 1.54) is 31.0 Å². The van der Waals surface area contributed by atoms with Crippen molar-refractivity contribution in [1.29, 1.82) is 0 Å². The van der Waals surface area contributed by atoms with Gasteiger partial charge in [-0.15, -0.1) is 16.8 Å². The summed E-state index contributed by atoms with van der Waals surface area (Å²) >= 11 is 1.46. The van der Waals surface area contributed by atoms with E-state index in [1.54, 1.807) is 7.11 Å². The van der Waals surface area contributed by atoms with E-state index in [0.717, 1.165) is 35.1 Å². The molecule has 29 heavy (non-hydrogen) atoms. The Labute approximate surface area is 177 Å². The van der Waals surface area contributed by atoms with E-state index in [0.29, 0.717) is 12.6 Å². The summed E-state index contributed by atoms with van der Waals surface area (Å²) in [5.74, 6) is 1.71. The molecule has 2 aromatic rings. The molecular weight excluding hydrogens is 384 g/mol. The van der Waals surface area contributed by atoms with Crippen LogP contribution in [0.4, 0.5) is 0 Å². The fraction of sp³-hybridized carbons (Fsp3) is 0.500. The highest BCUT2D eigenvalue weighted by Gasteiger charge is 2.27. The Balaban J connectivity index is 1.76. The highest BCUT2D eigenvalue weighted by atomic mass is 32.2. The summed E-state index contributed by atoms with van der Waals surface area (Å²) < 4.78 is 7.24. The van der Waals surface area contributed by atoms with Crippen molar-refractivity contribution in [2.24, 2.45) is 0 Å². The van der Waals surface area contributed by atoms with E-state index in [9.17, 15) is 4.79 Å². The molecule has 0 saturated heterocycles. The van der Waals surface area contributed by atoms with Gasteiger partial charge in [0.25, 0.3) is 0 Å². The number of hydrogen-bond acceptors (Lipinski definition) is 5. The molecule has 7 heteroatoms. The van der Waals surface area contributed by atoms with Crippen molar-refractivity contribution in [3.63, 3.8) is 0 Å². The average molecular weight is 415 g/mol. The van der Waals surface area contributed by atoms with Gasteiger partial charge in [-0.2, -0.15) is 0 Å². The van der Waals surface area contributed by atoms with Crippen LogP contribution < -0.4 is 4.74 Å². The molecule has 0 N–H and O–H groups in total. The molecule has 0 bridgehead atoms. The molecule has 1 aliphatic carbocycles. The number of allylic oxidation sites excluding steroid dienone is 1. The quantitative estimate of drug-likeness (QED) is 0.473. The smallest absolute Gasteiger partial charge is 0.235 e. The van der Waals surface area contributed by atoms with Gasteiger partial charge in [0, 0.05) is 25.2 Å². The van der Waals surface area contributed by atoms with Gasteiger partial charge in [-0.25, -0.2) is 0 Å². The lowest BCUT2D eigenvalue weighted by atomic mass is 9.94. The molecule has 1 aliphatic rings. The van der Waals surface area contributed by atoms with Crippen LogP contribution in [0.25, 0.3) is 11.4 Å². The summed E-state index contributed by atoms with van der Waals surface area (Å²) in [6, 6.07) is 8.09. The van der Waals surface area contributed by atoms with Gasteiger partial charge in [0.05, 0.1) is 12.4 Å². The first-order valence-electron chi connectivity index (χ1n) is 10.2. The average Bonchev–Trinajstić information content (AvgIpc) is 3.15. The molecule has 1 aromatic heterocycles. The Morgan fingerprint density at radius 2 is 2.00 bits per heavy atom. The zero-order valence-corrected chi connectivity index (χ0v) is 18.3. The Kier molecular flexibility index (Phi) is 7.36. The molecular formula is C22H30N4O2S. The first-order valence-corrected chi connectivity index (χ1v) is 11.0. The Hall–Kier alpha value is -2.28. The van der Waals surface area contributed by atoms with E-state index < -0.39 is 0 Å². The second kappa shape index (κ2) is 9.96. The van der Waals surface area contributed by atoms with Crippen molar-refractivity contribution in [3.8, 4) is 17.1 Å². The van der Waals surface area contributed by atoms with E-state index in [2.05, 4.69) is 16.8 Å². The normalized spacial score (nSPS) is 15.7. The van der Waals surface area contributed by atoms with Crippen molar-refractivity contribution in [2.45, 2.75) is 62.0 Å². The summed E-state index contributed by atoms with van der Waals surface area (Å²) in [5, 5.41) is 9.27. The van der Waals surface area contributed by atoms with Gasteiger partial charge in [0.15, 0.2) is 11.0 Å². The van der Waals surface area contributed by atoms with Crippen LogP contribution in [0, 0.1) is 0 Å². The molecule has 1 aromatic carbocycles. The molecule has 1 fully saturated rings. The highest BCUT2D eigenvalue weighted by molar-refractivity contribution is 8.00. The first-order chi connectivity index (χ1) is 14.0. The van der Waals surface area contributed by atoms with Crippen LogP contribution in [0.2, 0.25) is 0 Å². The van der Waals surface area contributed by atoms with Crippen LogP contribution in [-0.4, -0.2) is 51.0 Å². The number of benzene rings is 1. The SMILES string of the molecule is C=CCn1c(SC(C)C(=O)N(C)C2CCCCC2)nnc1-c1ccc(OC)cc1. The Bertz CT molecular complexity index is 828. The van der Waals surface area contributed by atoms with Crippen molar-refractivity contribution in [2.75, 3.05) is 14.2 Å². The minimum atomic E-state index is -0.224. The number of hydrogen-bond donors (Lipinski definition) is 0. The highest BCUT2D eigenvalue weighted by Crippen LogP contribution is 2.30. The van der Waals surface area contributed by atoms with Gasteiger partial charge in [-0.05, 0) is 44.0 Å². The van der Waals surface area contributed by atoms with Gasteiger partial charge in [0.2, 0.25) is 5.91 Å². The van der Waals surface area contributed by atoms with Crippen LogP contribution in [-0.2, 0) is 11.3 Å².